The fraction of sp³-hybridized carbons (Fsp3) is 1.00. The fourth-order valence-electron chi connectivity index (χ4n) is 0.996. The Morgan fingerprint density at radius 3 is 2.36 bits per heavy atom. The smallest absolute Gasteiger partial charge is 0.198 e. The molecule has 0 rings (SSSR count). The van der Waals surface area contributed by atoms with Crippen LogP contribution in [0.2, 0.25) is 0 Å². The summed E-state index contributed by atoms with van der Waals surface area (Å²) < 4.78 is 14.6. The molecule has 0 aromatic heterocycles. The Bertz CT molecular complexity index is 86.2. The summed E-state index contributed by atoms with van der Waals surface area (Å²) in [5.41, 5.74) is 0. The second kappa shape index (κ2) is 10.1. The lowest BCUT2D eigenvalue weighted by molar-refractivity contribution is 0.328. The van der Waals surface area contributed by atoms with Crippen molar-refractivity contribution in [2.75, 3.05) is 6.61 Å². The van der Waals surface area contributed by atoms with Gasteiger partial charge in [0, 0.05) is 0 Å². The molecule has 0 amide bonds. The molecule has 0 spiro atoms. The van der Waals surface area contributed by atoms with Crippen LogP contribution in [0.5, 0.6) is 0 Å². The Morgan fingerprint density at radius 1 is 1.09 bits per heavy atom. The van der Waals surface area contributed by atoms with Gasteiger partial charge in [-0.1, -0.05) is 39.0 Å². The summed E-state index contributed by atoms with van der Waals surface area (Å²) >= 11 is 0. The van der Waals surface area contributed by atoms with Crippen molar-refractivity contribution in [3.05, 3.63) is 0 Å². The maximum absolute atomic E-state index is 9.87. The zero-order chi connectivity index (χ0) is 8.36. The molecular formula is C8H18O2P. The Labute approximate surface area is 70.6 Å². The molecule has 0 aliphatic carbocycles. The monoisotopic (exact) mass is 177 g/mol. The first kappa shape index (κ1) is 11.1. The second-order valence-corrected chi connectivity index (χ2v) is 3.15. The summed E-state index contributed by atoms with van der Waals surface area (Å²) in [6.07, 6.45) is 7.52. The summed E-state index contributed by atoms with van der Waals surface area (Å²) in [7, 11) is -0.580. The Balaban J connectivity index is 2.74. The van der Waals surface area contributed by atoms with E-state index in [0.717, 1.165) is 6.42 Å². The SMILES string of the molecule is CCCCCCCCO[PH]=O. The van der Waals surface area contributed by atoms with Gasteiger partial charge in [-0.2, -0.15) is 0 Å². The lowest BCUT2D eigenvalue weighted by Crippen LogP contribution is -1.84. The van der Waals surface area contributed by atoms with Crippen molar-refractivity contribution in [2.45, 2.75) is 45.4 Å². The van der Waals surface area contributed by atoms with Gasteiger partial charge in [-0.15, -0.1) is 0 Å². The first-order valence-electron chi connectivity index (χ1n) is 4.40. The normalized spacial score (nSPS) is 10.6. The van der Waals surface area contributed by atoms with Crippen LogP contribution in [-0.4, -0.2) is 6.61 Å². The predicted octanol–water partition coefficient (Wildman–Crippen LogP) is 3.30. The minimum absolute atomic E-state index is 0.580. The van der Waals surface area contributed by atoms with E-state index in [1.54, 1.807) is 0 Å². The molecule has 0 N–H and O–H groups in total. The molecule has 0 heterocycles. The molecule has 0 saturated heterocycles. The first-order chi connectivity index (χ1) is 5.41. The van der Waals surface area contributed by atoms with Crippen molar-refractivity contribution >= 4 is 8.69 Å². The minimum atomic E-state index is -0.580. The average Bonchev–Trinajstić information content (AvgIpc) is 2.03. The number of hydrogen-bond acceptors (Lipinski definition) is 2. The molecule has 0 aromatic rings. The molecule has 0 aliphatic rings. The Morgan fingerprint density at radius 2 is 1.73 bits per heavy atom. The predicted molar refractivity (Wildman–Crippen MR) is 48.3 cm³/mol. The molecule has 0 bridgehead atoms. The summed E-state index contributed by atoms with van der Waals surface area (Å²) in [5.74, 6) is 0. The number of rotatable bonds is 8. The highest BCUT2D eigenvalue weighted by atomic mass is 31.1. The molecule has 0 aromatic carbocycles. The fourth-order valence-corrected chi connectivity index (χ4v) is 1.22. The van der Waals surface area contributed by atoms with Crippen LogP contribution in [0, 0.1) is 0 Å². The van der Waals surface area contributed by atoms with Gasteiger partial charge >= 0.3 is 0 Å². The second-order valence-electron chi connectivity index (χ2n) is 2.70. The lowest BCUT2D eigenvalue weighted by Gasteiger charge is -1.97. The molecule has 11 heavy (non-hydrogen) atoms. The summed E-state index contributed by atoms with van der Waals surface area (Å²) in [6.45, 7) is 2.87. The molecular weight excluding hydrogens is 159 g/mol. The van der Waals surface area contributed by atoms with Gasteiger partial charge < -0.3 is 4.52 Å². The van der Waals surface area contributed by atoms with Crippen molar-refractivity contribution in [2.24, 2.45) is 0 Å². The van der Waals surface area contributed by atoms with Crippen LogP contribution in [0.4, 0.5) is 0 Å². The van der Waals surface area contributed by atoms with Gasteiger partial charge in [-0.3, -0.25) is 4.57 Å². The standard InChI is InChI=1S/C8H18O2P/c1-2-3-4-5-6-7-8-10-11-9/h11H,2-8H2,1H3. The molecule has 67 valence electrons. The third-order valence-electron chi connectivity index (χ3n) is 1.66. The van der Waals surface area contributed by atoms with Crippen molar-refractivity contribution in [1.29, 1.82) is 0 Å². The van der Waals surface area contributed by atoms with Crippen LogP contribution in [0.25, 0.3) is 0 Å². The topological polar surface area (TPSA) is 26.3 Å². The van der Waals surface area contributed by atoms with E-state index in [2.05, 4.69) is 6.92 Å². The third-order valence-corrected chi connectivity index (χ3v) is 1.98. The van der Waals surface area contributed by atoms with Gasteiger partial charge in [0.2, 0.25) is 0 Å². The molecule has 1 atom stereocenters. The van der Waals surface area contributed by atoms with Gasteiger partial charge in [-0.05, 0) is 6.42 Å². The van der Waals surface area contributed by atoms with Crippen LogP contribution < -0.4 is 0 Å². The van der Waals surface area contributed by atoms with Gasteiger partial charge in [0.15, 0.2) is 8.69 Å². The molecule has 2 nitrogen and oxygen atoms in total. The third kappa shape index (κ3) is 10.1. The largest absolute Gasteiger partial charge is 0.306 e. The van der Waals surface area contributed by atoms with Crippen molar-refractivity contribution < 1.29 is 9.09 Å². The van der Waals surface area contributed by atoms with Gasteiger partial charge in [0.1, 0.15) is 0 Å². The van der Waals surface area contributed by atoms with Crippen LogP contribution in [0.15, 0.2) is 0 Å². The van der Waals surface area contributed by atoms with Crippen LogP contribution in [0.3, 0.4) is 0 Å². The average molecular weight is 177 g/mol. The van der Waals surface area contributed by atoms with Crippen molar-refractivity contribution in [3.63, 3.8) is 0 Å². The molecule has 1 unspecified atom stereocenters. The minimum Gasteiger partial charge on any atom is -0.306 e. The van der Waals surface area contributed by atoms with Gasteiger partial charge in [0.05, 0.1) is 6.61 Å². The number of hydrogen-bond donors (Lipinski definition) is 0. The molecule has 0 aliphatic heterocycles. The molecule has 0 saturated carbocycles. The highest BCUT2D eigenvalue weighted by molar-refractivity contribution is 7.17. The van der Waals surface area contributed by atoms with E-state index in [9.17, 15) is 4.57 Å². The maximum atomic E-state index is 9.87. The van der Waals surface area contributed by atoms with Crippen LogP contribution >= 0.6 is 8.69 Å². The zero-order valence-electron chi connectivity index (χ0n) is 7.27. The van der Waals surface area contributed by atoms with Crippen molar-refractivity contribution in [1.82, 2.24) is 0 Å². The summed E-state index contributed by atoms with van der Waals surface area (Å²) in [6, 6.07) is 0. The van der Waals surface area contributed by atoms with E-state index in [1.165, 1.54) is 32.1 Å². The first-order valence-corrected chi connectivity index (χ1v) is 5.22. The maximum Gasteiger partial charge on any atom is 0.198 e. The van der Waals surface area contributed by atoms with E-state index < -0.39 is 8.69 Å². The van der Waals surface area contributed by atoms with Crippen LogP contribution in [0.1, 0.15) is 45.4 Å². The van der Waals surface area contributed by atoms with Crippen molar-refractivity contribution in [3.8, 4) is 0 Å². The molecule has 1 radical (unpaired) electrons. The molecule has 3 heteroatoms. The van der Waals surface area contributed by atoms with E-state index in [1.807, 2.05) is 0 Å². The highest BCUT2D eigenvalue weighted by Gasteiger charge is 1.88. The van der Waals surface area contributed by atoms with E-state index >= 15 is 0 Å². The summed E-state index contributed by atoms with van der Waals surface area (Å²) in [5, 5.41) is 0. The Kier molecular flexibility index (Phi) is 10.1. The van der Waals surface area contributed by atoms with Gasteiger partial charge in [0.25, 0.3) is 0 Å². The number of unbranched alkanes of at least 4 members (excludes halogenated alkanes) is 5. The van der Waals surface area contributed by atoms with E-state index in [-0.39, 0.29) is 0 Å². The summed E-state index contributed by atoms with van der Waals surface area (Å²) in [4.78, 5) is 0. The lowest BCUT2D eigenvalue weighted by atomic mass is 10.1. The van der Waals surface area contributed by atoms with Gasteiger partial charge in [-0.25, -0.2) is 0 Å². The highest BCUT2D eigenvalue weighted by Crippen LogP contribution is 2.06. The van der Waals surface area contributed by atoms with Crippen LogP contribution in [-0.2, 0) is 9.09 Å². The quantitative estimate of drug-likeness (QED) is 0.420. The van der Waals surface area contributed by atoms with E-state index in [4.69, 9.17) is 4.52 Å². The zero-order valence-corrected chi connectivity index (χ0v) is 8.27. The molecule has 0 fully saturated rings. The van der Waals surface area contributed by atoms with E-state index in [0.29, 0.717) is 6.61 Å². The Hall–Kier alpha value is 0.0600.